The number of likely N-dealkylation sites (tertiary alicyclic amines) is 1. The van der Waals surface area contributed by atoms with Crippen molar-refractivity contribution >= 4 is 17.8 Å². The van der Waals surface area contributed by atoms with Gasteiger partial charge in [0.25, 0.3) is 0 Å². The molecule has 0 spiro atoms. The molecule has 3 N–H and O–H groups in total. The first kappa shape index (κ1) is 17.2. The summed E-state index contributed by atoms with van der Waals surface area (Å²) in [5, 5.41) is 19.1. The second-order valence-corrected chi connectivity index (χ2v) is 5.29. The van der Waals surface area contributed by atoms with E-state index < -0.39 is 11.9 Å². The third kappa shape index (κ3) is 6.40. The molecule has 2 rings (SSSR count). The summed E-state index contributed by atoms with van der Waals surface area (Å²) >= 11 is 0. The molecule has 7 heteroatoms. The Morgan fingerprint density at radius 1 is 1.10 bits per heavy atom. The van der Waals surface area contributed by atoms with Gasteiger partial charge < -0.3 is 20.4 Å². The highest BCUT2D eigenvalue weighted by molar-refractivity contribution is 5.89. The molecule has 7 nitrogen and oxygen atoms in total. The molecular formula is C14H22N2O5. The molecule has 0 radical (unpaired) electrons. The Hall–Kier alpha value is -1.89. The Balaban J connectivity index is 0.000000240. The second kappa shape index (κ2) is 8.41. The third-order valence-electron chi connectivity index (χ3n) is 3.51. The van der Waals surface area contributed by atoms with Crippen LogP contribution in [0.15, 0.2) is 12.2 Å². The number of nitrogens with zero attached hydrogens (tertiary/aromatic N) is 1. The molecule has 2 heterocycles. The van der Waals surface area contributed by atoms with Gasteiger partial charge in [0.1, 0.15) is 0 Å². The van der Waals surface area contributed by atoms with Gasteiger partial charge >= 0.3 is 11.9 Å². The van der Waals surface area contributed by atoms with E-state index in [0.717, 1.165) is 26.2 Å². The van der Waals surface area contributed by atoms with E-state index in [1.54, 1.807) is 0 Å². The molecule has 2 aliphatic heterocycles. The van der Waals surface area contributed by atoms with E-state index in [1.165, 1.54) is 6.42 Å². The van der Waals surface area contributed by atoms with Gasteiger partial charge in [-0.1, -0.05) is 6.92 Å². The summed E-state index contributed by atoms with van der Waals surface area (Å²) in [6, 6.07) is 0. The standard InChI is InChI=1S/C10H18N2O.C4H4O4/c1-2-10(13)12-6-8-3-9(7-12)5-11-4-8;5-3(6)1-2-4(7)8/h8-9,11H,2-7H2,1H3;1-2H,(H,5,6)(H,7,8)/b;2-1+/t8-,9+;. The van der Waals surface area contributed by atoms with Crippen LogP contribution < -0.4 is 5.32 Å². The molecule has 118 valence electrons. The number of fused-ring (bicyclic) bond motifs is 2. The fourth-order valence-electron chi connectivity index (χ4n) is 2.68. The van der Waals surface area contributed by atoms with E-state index >= 15 is 0 Å². The van der Waals surface area contributed by atoms with Crippen LogP contribution in [0.4, 0.5) is 0 Å². The lowest BCUT2D eigenvalue weighted by molar-refractivity contribution is -0.134. The molecule has 0 unspecified atom stereocenters. The van der Waals surface area contributed by atoms with Crippen LogP contribution in [-0.2, 0) is 14.4 Å². The van der Waals surface area contributed by atoms with Crippen molar-refractivity contribution in [2.45, 2.75) is 19.8 Å². The largest absolute Gasteiger partial charge is 0.478 e. The van der Waals surface area contributed by atoms with Crippen molar-refractivity contribution in [3.63, 3.8) is 0 Å². The number of hydrogen-bond donors (Lipinski definition) is 3. The van der Waals surface area contributed by atoms with Gasteiger partial charge in [-0.15, -0.1) is 0 Å². The fraction of sp³-hybridized carbons (Fsp3) is 0.643. The smallest absolute Gasteiger partial charge is 0.328 e. The Morgan fingerprint density at radius 3 is 1.95 bits per heavy atom. The normalized spacial score (nSPS) is 24.1. The predicted molar refractivity (Wildman–Crippen MR) is 75.7 cm³/mol. The molecular weight excluding hydrogens is 276 g/mol. The molecule has 2 atom stereocenters. The predicted octanol–water partition coefficient (Wildman–Crippen LogP) is 0.176. The van der Waals surface area contributed by atoms with Crippen molar-refractivity contribution < 1.29 is 24.6 Å². The zero-order valence-electron chi connectivity index (χ0n) is 12.1. The van der Waals surface area contributed by atoms with E-state index in [-0.39, 0.29) is 0 Å². The highest BCUT2D eigenvalue weighted by atomic mass is 16.4. The fourth-order valence-corrected chi connectivity index (χ4v) is 2.68. The van der Waals surface area contributed by atoms with Gasteiger partial charge in [-0.25, -0.2) is 9.59 Å². The number of carboxylic acids is 2. The average molecular weight is 298 g/mol. The molecule has 0 aromatic heterocycles. The van der Waals surface area contributed by atoms with Gasteiger partial charge in [0.05, 0.1) is 0 Å². The maximum Gasteiger partial charge on any atom is 0.328 e. The van der Waals surface area contributed by atoms with Crippen LogP contribution in [0.3, 0.4) is 0 Å². The first-order chi connectivity index (χ1) is 9.92. The van der Waals surface area contributed by atoms with Gasteiger partial charge in [0.2, 0.25) is 5.91 Å². The van der Waals surface area contributed by atoms with Gasteiger partial charge in [-0.05, 0) is 31.3 Å². The first-order valence-electron chi connectivity index (χ1n) is 7.04. The highest BCUT2D eigenvalue weighted by Gasteiger charge is 2.31. The molecule has 0 saturated carbocycles. The van der Waals surface area contributed by atoms with E-state index in [2.05, 4.69) is 10.2 Å². The molecule has 0 aliphatic carbocycles. The quantitative estimate of drug-likeness (QED) is 0.641. The van der Waals surface area contributed by atoms with Crippen LogP contribution in [0.25, 0.3) is 0 Å². The number of carboxylic acid groups (broad SMARTS) is 2. The number of nitrogens with one attached hydrogen (secondary N) is 1. The van der Waals surface area contributed by atoms with Crippen LogP contribution in [0.5, 0.6) is 0 Å². The number of aliphatic carboxylic acids is 2. The van der Waals surface area contributed by atoms with Crippen molar-refractivity contribution in [3.05, 3.63) is 12.2 Å². The number of carbonyl (C=O) groups excluding carboxylic acids is 1. The number of hydrogen-bond acceptors (Lipinski definition) is 4. The Labute approximate surface area is 123 Å². The van der Waals surface area contributed by atoms with Gasteiger partial charge in [0, 0.05) is 31.7 Å². The lowest BCUT2D eigenvalue weighted by Gasteiger charge is -2.41. The van der Waals surface area contributed by atoms with Crippen molar-refractivity contribution in [2.75, 3.05) is 26.2 Å². The van der Waals surface area contributed by atoms with Gasteiger partial charge in [-0.3, -0.25) is 4.79 Å². The molecule has 0 aromatic rings. The number of piperidine rings is 2. The molecule has 2 bridgehead atoms. The zero-order chi connectivity index (χ0) is 15.8. The third-order valence-corrected chi connectivity index (χ3v) is 3.51. The Bertz CT molecular complexity index is 394. The Morgan fingerprint density at radius 2 is 1.57 bits per heavy atom. The molecule has 1 amide bonds. The van der Waals surface area contributed by atoms with Crippen LogP contribution in [0, 0.1) is 11.8 Å². The SMILES string of the molecule is CCC(=O)N1C[C@@H]2CNC[C@@H](C2)C1.O=C(O)/C=C/C(=O)O. The molecule has 0 aromatic carbocycles. The minimum absolute atomic E-state index is 0.330. The first-order valence-corrected chi connectivity index (χ1v) is 7.04. The molecule has 21 heavy (non-hydrogen) atoms. The molecule has 2 saturated heterocycles. The van der Waals surface area contributed by atoms with Crippen molar-refractivity contribution in [1.29, 1.82) is 0 Å². The van der Waals surface area contributed by atoms with Gasteiger partial charge in [-0.2, -0.15) is 0 Å². The van der Waals surface area contributed by atoms with E-state index in [1.807, 2.05) is 6.92 Å². The van der Waals surface area contributed by atoms with E-state index in [0.29, 0.717) is 36.3 Å². The highest BCUT2D eigenvalue weighted by Crippen LogP contribution is 2.24. The summed E-state index contributed by atoms with van der Waals surface area (Å²) < 4.78 is 0. The van der Waals surface area contributed by atoms with Crippen molar-refractivity contribution in [2.24, 2.45) is 11.8 Å². The van der Waals surface area contributed by atoms with Crippen LogP contribution >= 0.6 is 0 Å². The van der Waals surface area contributed by atoms with Crippen LogP contribution in [-0.4, -0.2) is 59.1 Å². The molecule has 2 fully saturated rings. The lowest BCUT2D eigenvalue weighted by atomic mass is 9.86. The van der Waals surface area contributed by atoms with Gasteiger partial charge in [0.15, 0.2) is 0 Å². The van der Waals surface area contributed by atoms with E-state index in [9.17, 15) is 14.4 Å². The lowest BCUT2D eigenvalue weighted by Crippen LogP contribution is -2.52. The van der Waals surface area contributed by atoms with Crippen molar-refractivity contribution in [3.8, 4) is 0 Å². The second-order valence-electron chi connectivity index (χ2n) is 5.29. The summed E-state index contributed by atoms with van der Waals surface area (Å²) in [5.74, 6) is -0.762. The molecule has 2 aliphatic rings. The van der Waals surface area contributed by atoms with E-state index in [4.69, 9.17) is 10.2 Å². The number of amides is 1. The minimum atomic E-state index is -1.26. The number of carbonyl (C=O) groups is 3. The van der Waals surface area contributed by atoms with Crippen LogP contribution in [0.2, 0.25) is 0 Å². The summed E-state index contributed by atoms with van der Waals surface area (Å²) in [6.07, 6.45) is 3.10. The topological polar surface area (TPSA) is 107 Å². The zero-order valence-corrected chi connectivity index (χ0v) is 12.1. The summed E-state index contributed by atoms with van der Waals surface area (Å²) in [7, 11) is 0. The monoisotopic (exact) mass is 298 g/mol. The average Bonchev–Trinajstić information content (AvgIpc) is 2.44. The van der Waals surface area contributed by atoms with Crippen molar-refractivity contribution in [1.82, 2.24) is 10.2 Å². The maximum absolute atomic E-state index is 11.5. The summed E-state index contributed by atoms with van der Waals surface area (Å²) in [4.78, 5) is 32.7. The summed E-state index contributed by atoms with van der Waals surface area (Å²) in [6.45, 7) is 6.12. The minimum Gasteiger partial charge on any atom is -0.478 e. The van der Waals surface area contributed by atoms with Crippen LogP contribution in [0.1, 0.15) is 19.8 Å². The maximum atomic E-state index is 11.5. The number of rotatable bonds is 3. The summed E-state index contributed by atoms with van der Waals surface area (Å²) in [5.41, 5.74) is 0. The Kier molecular flexibility index (Phi) is 6.87.